The van der Waals surface area contributed by atoms with Crippen molar-refractivity contribution in [1.29, 1.82) is 0 Å². The van der Waals surface area contributed by atoms with E-state index in [1.807, 2.05) is 17.0 Å². The van der Waals surface area contributed by atoms with E-state index in [1.54, 1.807) is 77.9 Å². The lowest BCUT2D eigenvalue weighted by Crippen LogP contribution is -2.55. The van der Waals surface area contributed by atoms with Crippen molar-refractivity contribution in [3.05, 3.63) is 70.8 Å². The molecule has 45 heavy (non-hydrogen) atoms. The number of nitrogens with zero attached hydrogens (tertiary/aromatic N) is 4. The molecule has 0 saturated carbocycles. The molecule has 1 aliphatic rings. The average molecular weight is 625 g/mol. The van der Waals surface area contributed by atoms with Crippen LogP contribution in [0.1, 0.15) is 73.4 Å². The van der Waals surface area contributed by atoms with Gasteiger partial charge < -0.3 is 23.8 Å². The Bertz CT molecular complexity index is 1370. The quantitative estimate of drug-likeness (QED) is 0.185. The average Bonchev–Trinajstić information content (AvgIpc) is 2.97. The van der Waals surface area contributed by atoms with Gasteiger partial charge in [-0.15, -0.1) is 4.99 Å². The highest BCUT2D eigenvalue weighted by Gasteiger charge is 2.33. The first-order chi connectivity index (χ1) is 21.1. The van der Waals surface area contributed by atoms with Crippen LogP contribution in [0, 0.1) is 0 Å². The van der Waals surface area contributed by atoms with Gasteiger partial charge >= 0.3 is 24.1 Å². The van der Waals surface area contributed by atoms with E-state index in [0.29, 0.717) is 49.4 Å². The molecule has 0 aliphatic carbocycles. The SMILES string of the molecule is COC(=O)c1ccc(CN2CCN(/C(=N\C(=O)OC(C)(C)C)N(Cc3ccc(C(=O)OC)cc3)C(=O)OC(C)(C)C)CC2)cc1. The number of carbonyl (C=O) groups is 4. The monoisotopic (exact) mass is 624 g/mol. The fourth-order valence-electron chi connectivity index (χ4n) is 4.48. The molecule has 3 rings (SSSR count). The molecule has 2 amide bonds. The number of esters is 2. The molecule has 0 bridgehead atoms. The molecule has 0 spiro atoms. The molecule has 2 aromatic carbocycles. The molecule has 1 heterocycles. The van der Waals surface area contributed by atoms with Crippen molar-refractivity contribution in [2.24, 2.45) is 4.99 Å². The lowest BCUT2D eigenvalue weighted by Gasteiger charge is -2.39. The van der Waals surface area contributed by atoms with Crippen molar-refractivity contribution in [2.45, 2.75) is 65.8 Å². The minimum absolute atomic E-state index is 0.0186. The van der Waals surface area contributed by atoms with Crippen LogP contribution >= 0.6 is 0 Å². The molecule has 1 fully saturated rings. The summed E-state index contributed by atoms with van der Waals surface area (Å²) in [5.41, 5.74) is 0.946. The molecule has 1 aliphatic heterocycles. The number of hydrogen-bond donors (Lipinski definition) is 0. The van der Waals surface area contributed by atoms with Gasteiger partial charge in [0.1, 0.15) is 11.2 Å². The van der Waals surface area contributed by atoms with Gasteiger partial charge in [-0.3, -0.25) is 4.90 Å². The lowest BCUT2D eigenvalue weighted by atomic mass is 10.1. The number of carbonyl (C=O) groups excluding carboxylic acids is 4. The first kappa shape index (κ1) is 35.0. The molecule has 1 saturated heterocycles. The summed E-state index contributed by atoms with van der Waals surface area (Å²) >= 11 is 0. The molecule has 0 unspecified atom stereocenters. The molecule has 12 heteroatoms. The maximum Gasteiger partial charge on any atom is 0.437 e. The molecular weight excluding hydrogens is 580 g/mol. The number of piperazine rings is 1. The zero-order valence-corrected chi connectivity index (χ0v) is 27.4. The zero-order valence-electron chi connectivity index (χ0n) is 27.4. The largest absolute Gasteiger partial charge is 0.465 e. The van der Waals surface area contributed by atoms with Crippen molar-refractivity contribution >= 4 is 30.1 Å². The second kappa shape index (κ2) is 15.0. The van der Waals surface area contributed by atoms with Crippen LogP contribution in [0.15, 0.2) is 53.5 Å². The highest BCUT2D eigenvalue weighted by atomic mass is 16.6. The Labute approximate surface area is 264 Å². The van der Waals surface area contributed by atoms with E-state index in [9.17, 15) is 19.2 Å². The van der Waals surface area contributed by atoms with Gasteiger partial charge in [0.25, 0.3) is 0 Å². The molecule has 0 atom stereocenters. The van der Waals surface area contributed by atoms with Crippen LogP contribution in [0.4, 0.5) is 9.59 Å². The van der Waals surface area contributed by atoms with Crippen molar-refractivity contribution in [2.75, 3.05) is 40.4 Å². The van der Waals surface area contributed by atoms with Crippen LogP contribution in [-0.4, -0.2) is 96.4 Å². The summed E-state index contributed by atoms with van der Waals surface area (Å²) in [4.78, 5) is 60.1. The van der Waals surface area contributed by atoms with E-state index in [1.165, 1.54) is 19.1 Å². The van der Waals surface area contributed by atoms with Crippen molar-refractivity contribution in [3.8, 4) is 0 Å². The number of benzene rings is 2. The van der Waals surface area contributed by atoms with Crippen LogP contribution in [0.3, 0.4) is 0 Å². The Morgan fingerprint density at radius 1 is 0.711 bits per heavy atom. The second-order valence-corrected chi connectivity index (χ2v) is 12.6. The Balaban J connectivity index is 1.89. The van der Waals surface area contributed by atoms with Crippen molar-refractivity contribution in [3.63, 3.8) is 0 Å². The van der Waals surface area contributed by atoms with Gasteiger partial charge in [0.2, 0.25) is 5.96 Å². The Hall–Kier alpha value is -4.45. The van der Waals surface area contributed by atoms with Crippen LogP contribution in [0.5, 0.6) is 0 Å². The Morgan fingerprint density at radius 3 is 1.62 bits per heavy atom. The van der Waals surface area contributed by atoms with Crippen LogP contribution in [0.25, 0.3) is 0 Å². The number of guanidine groups is 1. The molecule has 12 nitrogen and oxygen atoms in total. The highest BCUT2D eigenvalue weighted by molar-refractivity contribution is 5.99. The summed E-state index contributed by atoms with van der Waals surface area (Å²) in [5.74, 6) is -0.756. The number of rotatable bonds is 6. The third kappa shape index (κ3) is 10.9. The van der Waals surface area contributed by atoms with Gasteiger partial charge in [0, 0.05) is 32.7 Å². The molecule has 0 radical (unpaired) electrons. The van der Waals surface area contributed by atoms with Gasteiger partial charge in [-0.1, -0.05) is 24.3 Å². The van der Waals surface area contributed by atoms with Gasteiger partial charge in [-0.2, -0.15) is 0 Å². The third-order valence-electron chi connectivity index (χ3n) is 6.59. The predicted molar refractivity (Wildman–Crippen MR) is 168 cm³/mol. The minimum atomic E-state index is -0.833. The molecule has 2 aromatic rings. The molecule has 0 N–H and O–H groups in total. The summed E-state index contributed by atoms with van der Waals surface area (Å²) in [6, 6.07) is 13.9. The van der Waals surface area contributed by atoms with E-state index in [2.05, 4.69) is 9.89 Å². The fraction of sp³-hybridized carbons (Fsp3) is 0.485. The normalized spacial score (nSPS) is 14.4. The Kier molecular flexibility index (Phi) is 11.7. The maximum absolute atomic E-state index is 13.7. The zero-order chi connectivity index (χ0) is 33.4. The summed E-state index contributed by atoms with van der Waals surface area (Å²) < 4.78 is 20.8. The maximum atomic E-state index is 13.7. The van der Waals surface area contributed by atoms with Crippen LogP contribution in [-0.2, 0) is 32.0 Å². The number of aliphatic imine (C=N–C) groups is 1. The number of amides is 2. The summed E-state index contributed by atoms with van der Waals surface area (Å²) in [5, 5.41) is 0. The van der Waals surface area contributed by atoms with Gasteiger partial charge in [-0.25, -0.2) is 24.1 Å². The number of hydrogen-bond acceptors (Lipinski definition) is 9. The van der Waals surface area contributed by atoms with E-state index in [-0.39, 0.29) is 18.5 Å². The van der Waals surface area contributed by atoms with Crippen molar-refractivity contribution in [1.82, 2.24) is 14.7 Å². The van der Waals surface area contributed by atoms with Gasteiger partial charge in [0.15, 0.2) is 0 Å². The summed E-state index contributed by atoms with van der Waals surface area (Å²) in [6.07, 6.45) is -1.52. The van der Waals surface area contributed by atoms with Gasteiger partial charge in [0.05, 0.1) is 31.9 Å². The first-order valence-electron chi connectivity index (χ1n) is 14.7. The van der Waals surface area contributed by atoms with E-state index < -0.39 is 29.4 Å². The number of ether oxygens (including phenoxy) is 4. The highest BCUT2D eigenvalue weighted by Crippen LogP contribution is 2.19. The molecule has 244 valence electrons. The minimum Gasteiger partial charge on any atom is -0.465 e. The van der Waals surface area contributed by atoms with Crippen molar-refractivity contribution < 1.29 is 38.1 Å². The van der Waals surface area contributed by atoms with Crippen LogP contribution < -0.4 is 0 Å². The third-order valence-corrected chi connectivity index (χ3v) is 6.59. The molecule has 0 aromatic heterocycles. The first-order valence-corrected chi connectivity index (χ1v) is 14.7. The van der Waals surface area contributed by atoms with Gasteiger partial charge in [-0.05, 0) is 76.9 Å². The molecular formula is C33H44N4O8. The standard InChI is InChI=1S/C33H44N4O8/c1-32(2,3)44-30(40)34-29(36-19-17-35(18-20-36)21-23-9-13-25(14-10-23)27(38)42-7)37(31(41)45-33(4,5)6)22-24-11-15-26(16-12-24)28(39)43-8/h9-16H,17-22H2,1-8H3/b34-29+. The van der Waals surface area contributed by atoms with E-state index in [4.69, 9.17) is 18.9 Å². The van der Waals surface area contributed by atoms with E-state index >= 15 is 0 Å². The lowest BCUT2D eigenvalue weighted by molar-refractivity contribution is 0.0324. The Morgan fingerprint density at radius 2 is 1.18 bits per heavy atom. The number of methoxy groups -OCH3 is 2. The summed E-state index contributed by atoms with van der Waals surface area (Å²) in [7, 11) is 2.65. The van der Waals surface area contributed by atoms with Crippen LogP contribution in [0.2, 0.25) is 0 Å². The van der Waals surface area contributed by atoms with E-state index in [0.717, 1.165) is 5.56 Å². The smallest absolute Gasteiger partial charge is 0.437 e. The predicted octanol–water partition coefficient (Wildman–Crippen LogP) is 5.11. The second-order valence-electron chi connectivity index (χ2n) is 12.6. The fourth-order valence-corrected chi connectivity index (χ4v) is 4.48. The topological polar surface area (TPSA) is 127 Å². The summed E-state index contributed by atoms with van der Waals surface area (Å²) in [6.45, 7) is 13.3.